The van der Waals surface area contributed by atoms with Crippen LogP contribution in [0.1, 0.15) is 29.6 Å². The first kappa shape index (κ1) is 14.7. The van der Waals surface area contributed by atoms with E-state index in [-0.39, 0.29) is 5.69 Å². The number of nitrogens with zero attached hydrogens (tertiary/aromatic N) is 3. The third kappa shape index (κ3) is 4.85. The highest BCUT2D eigenvalue weighted by atomic mass is 16.5. The molecule has 0 aliphatic rings. The highest BCUT2D eigenvalue weighted by Gasteiger charge is 2.13. The van der Waals surface area contributed by atoms with Crippen molar-refractivity contribution in [3.8, 4) is 0 Å². The van der Waals surface area contributed by atoms with Gasteiger partial charge in [-0.25, -0.2) is 4.79 Å². The minimum absolute atomic E-state index is 0.0330. The maximum absolute atomic E-state index is 10.7. The summed E-state index contributed by atoms with van der Waals surface area (Å²) in [6.45, 7) is 5.57. The Morgan fingerprint density at radius 3 is 2.67 bits per heavy atom. The Morgan fingerprint density at radius 2 is 2.17 bits per heavy atom. The van der Waals surface area contributed by atoms with E-state index in [0.717, 1.165) is 26.1 Å². The number of carboxylic acids is 1. The quantitative estimate of drug-likeness (QED) is 0.751. The summed E-state index contributed by atoms with van der Waals surface area (Å²) in [6.07, 6.45) is 1.07. The van der Waals surface area contributed by atoms with Crippen molar-refractivity contribution in [3.63, 3.8) is 0 Å². The van der Waals surface area contributed by atoms with Gasteiger partial charge in [0, 0.05) is 6.07 Å². The molecule has 0 saturated carbocycles. The van der Waals surface area contributed by atoms with Gasteiger partial charge in [-0.1, -0.05) is 12.1 Å². The fraction of sp³-hybridized carbons (Fsp3) is 0.667. The van der Waals surface area contributed by atoms with Crippen LogP contribution >= 0.6 is 0 Å². The first-order valence-electron chi connectivity index (χ1n) is 6.09. The molecule has 1 aromatic rings. The van der Waals surface area contributed by atoms with Crippen LogP contribution in [0.2, 0.25) is 0 Å². The first-order valence-corrected chi connectivity index (χ1v) is 6.09. The highest BCUT2D eigenvalue weighted by molar-refractivity contribution is 5.85. The van der Waals surface area contributed by atoms with Gasteiger partial charge in [-0.3, -0.25) is 4.90 Å². The molecular formula is C12H21N3O3. The Labute approximate surface area is 107 Å². The maximum atomic E-state index is 10.7. The molecule has 0 atom stereocenters. The van der Waals surface area contributed by atoms with Crippen LogP contribution in [0.3, 0.4) is 0 Å². The largest absolute Gasteiger partial charge is 0.476 e. The summed E-state index contributed by atoms with van der Waals surface area (Å²) in [5.74, 6) is -0.459. The zero-order valence-electron chi connectivity index (χ0n) is 11.2. The summed E-state index contributed by atoms with van der Waals surface area (Å²) >= 11 is 0. The van der Waals surface area contributed by atoms with Gasteiger partial charge < -0.3 is 14.5 Å². The molecule has 0 unspecified atom stereocenters. The van der Waals surface area contributed by atoms with Crippen LogP contribution in [0.4, 0.5) is 0 Å². The van der Waals surface area contributed by atoms with E-state index in [4.69, 9.17) is 9.63 Å². The maximum Gasteiger partial charge on any atom is 0.358 e. The minimum Gasteiger partial charge on any atom is -0.476 e. The lowest BCUT2D eigenvalue weighted by Crippen LogP contribution is -2.26. The summed E-state index contributed by atoms with van der Waals surface area (Å²) in [6, 6.07) is 1.48. The van der Waals surface area contributed by atoms with Crippen LogP contribution in [0.5, 0.6) is 0 Å². The summed E-state index contributed by atoms with van der Waals surface area (Å²) in [7, 11) is 4.09. The lowest BCUT2D eigenvalue weighted by molar-refractivity contribution is 0.0685. The Morgan fingerprint density at radius 1 is 1.44 bits per heavy atom. The standard InChI is InChI=1S/C12H21N3O3/c1-4-15(7-5-6-14(2)3)9-10-8-11(12(16)17)13-18-10/h8H,4-7,9H2,1-3H3,(H,16,17). The van der Waals surface area contributed by atoms with Crippen molar-refractivity contribution in [2.45, 2.75) is 19.9 Å². The molecule has 1 rings (SSSR count). The molecule has 18 heavy (non-hydrogen) atoms. The van der Waals surface area contributed by atoms with Crippen LogP contribution in [0, 0.1) is 0 Å². The molecule has 6 nitrogen and oxygen atoms in total. The van der Waals surface area contributed by atoms with Gasteiger partial charge in [-0.05, 0) is 40.2 Å². The third-order valence-electron chi connectivity index (χ3n) is 2.68. The van der Waals surface area contributed by atoms with E-state index in [2.05, 4.69) is 21.9 Å². The van der Waals surface area contributed by atoms with Crippen LogP contribution in [0.15, 0.2) is 10.6 Å². The topological polar surface area (TPSA) is 69.8 Å². The van der Waals surface area contributed by atoms with E-state index < -0.39 is 5.97 Å². The predicted molar refractivity (Wildman–Crippen MR) is 67.6 cm³/mol. The molecule has 0 bridgehead atoms. The number of rotatable bonds is 8. The monoisotopic (exact) mass is 255 g/mol. The average molecular weight is 255 g/mol. The fourth-order valence-corrected chi connectivity index (χ4v) is 1.67. The van der Waals surface area contributed by atoms with Gasteiger partial charge >= 0.3 is 5.97 Å². The van der Waals surface area contributed by atoms with Crippen LogP contribution < -0.4 is 0 Å². The van der Waals surface area contributed by atoms with Gasteiger partial charge in [0.05, 0.1) is 6.54 Å². The first-order chi connectivity index (χ1) is 8.52. The molecule has 6 heteroatoms. The molecular weight excluding hydrogens is 234 g/mol. The highest BCUT2D eigenvalue weighted by Crippen LogP contribution is 2.08. The fourth-order valence-electron chi connectivity index (χ4n) is 1.67. The Bertz CT molecular complexity index is 376. The molecule has 1 heterocycles. The van der Waals surface area contributed by atoms with Gasteiger partial charge in [0.2, 0.25) is 0 Å². The third-order valence-corrected chi connectivity index (χ3v) is 2.68. The van der Waals surface area contributed by atoms with Gasteiger partial charge in [0.15, 0.2) is 11.5 Å². The number of carbonyl (C=O) groups is 1. The van der Waals surface area contributed by atoms with Crippen molar-refractivity contribution in [1.82, 2.24) is 15.0 Å². The van der Waals surface area contributed by atoms with E-state index in [1.54, 1.807) is 0 Å². The molecule has 0 aliphatic carbocycles. The number of carboxylic acid groups (broad SMARTS) is 1. The molecule has 102 valence electrons. The molecule has 0 fully saturated rings. The molecule has 0 amide bonds. The molecule has 1 aromatic heterocycles. The Balaban J connectivity index is 2.43. The van der Waals surface area contributed by atoms with Crippen molar-refractivity contribution in [2.75, 3.05) is 33.7 Å². The van der Waals surface area contributed by atoms with Crippen molar-refractivity contribution >= 4 is 5.97 Å². The van der Waals surface area contributed by atoms with Gasteiger partial charge in [-0.2, -0.15) is 0 Å². The summed E-state index contributed by atoms with van der Waals surface area (Å²) < 4.78 is 5.00. The predicted octanol–water partition coefficient (Wildman–Crippen LogP) is 1.15. The summed E-state index contributed by atoms with van der Waals surface area (Å²) in [5, 5.41) is 12.3. The van der Waals surface area contributed by atoms with Gasteiger partial charge in [-0.15, -0.1) is 0 Å². The lowest BCUT2D eigenvalue weighted by Gasteiger charge is -2.19. The molecule has 0 aliphatic heterocycles. The normalized spacial score (nSPS) is 11.4. The summed E-state index contributed by atoms with van der Waals surface area (Å²) in [4.78, 5) is 15.0. The van der Waals surface area contributed by atoms with Crippen LogP contribution in [-0.2, 0) is 6.54 Å². The van der Waals surface area contributed by atoms with Crippen LogP contribution in [0.25, 0.3) is 0 Å². The second kappa shape index (κ2) is 7.13. The van der Waals surface area contributed by atoms with Gasteiger partial charge in [0.25, 0.3) is 0 Å². The lowest BCUT2D eigenvalue weighted by atomic mass is 10.3. The van der Waals surface area contributed by atoms with Crippen molar-refractivity contribution in [1.29, 1.82) is 0 Å². The zero-order chi connectivity index (χ0) is 13.5. The number of hydrogen-bond donors (Lipinski definition) is 1. The van der Waals surface area contributed by atoms with E-state index in [1.165, 1.54) is 6.07 Å². The smallest absolute Gasteiger partial charge is 0.358 e. The van der Waals surface area contributed by atoms with E-state index >= 15 is 0 Å². The van der Waals surface area contributed by atoms with Crippen molar-refractivity contribution in [3.05, 3.63) is 17.5 Å². The van der Waals surface area contributed by atoms with Crippen LogP contribution in [-0.4, -0.2) is 59.8 Å². The number of aromatic carboxylic acids is 1. The van der Waals surface area contributed by atoms with E-state index in [1.807, 2.05) is 14.1 Å². The second-order valence-electron chi connectivity index (χ2n) is 4.51. The zero-order valence-corrected chi connectivity index (χ0v) is 11.2. The molecule has 0 spiro atoms. The SMILES string of the molecule is CCN(CCCN(C)C)Cc1cc(C(=O)O)no1. The van der Waals surface area contributed by atoms with Gasteiger partial charge in [0.1, 0.15) is 0 Å². The minimum atomic E-state index is -1.05. The Kier molecular flexibility index (Phi) is 5.80. The van der Waals surface area contributed by atoms with E-state index in [0.29, 0.717) is 12.3 Å². The van der Waals surface area contributed by atoms with Crippen molar-refractivity contribution in [2.24, 2.45) is 0 Å². The second-order valence-corrected chi connectivity index (χ2v) is 4.51. The number of aromatic nitrogens is 1. The average Bonchev–Trinajstić information content (AvgIpc) is 2.76. The molecule has 0 aromatic carbocycles. The van der Waals surface area contributed by atoms with E-state index in [9.17, 15) is 4.79 Å². The Hall–Kier alpha value is -1.40. The molecule has 0 saturated heterocycles. The summed E-state index contributed by atoms with van der Waals surface area (Å²) in [5.41, 5.74) is -0.0330. The molecule has 0 radical (unpaired) electrons. The van der Waals surface area contributed by atoms with Crippen molar-refractivity contribution < 1.29 is 14.4 Å². The molecule has 1 N–H and O–H groups in total. The number of hydrogen-bond acceptors (Lipinski definition) is 5.